The topological polar surface area (TPSA) is 107 Å². The molecule has 2 aromatic rings. The number of carboxylic acids is 2. The van der Waals surface area contributed by atoms with Gasteiger partial charge >= 0.3 is 11.9 Å². The molecule has 160 valence electrons. The summed E-state index contributed by atoms with van der Waals surface area (Å²) < 4.78 is 5.55. The molecule has 3 rings (SSSR count). The molecule has 0 aliphatic carbocycles. The molecule has 1 aliphatic heterocycles. The zero-order chi connectivity index (χ0) is 21.9. The van der Waals surface area contributed by atoms with Crippen LogP contribution in [0.5, 0.6) is 5.75 Å². The fourth-order valence-corrected chi connectivity index (χ4v) is 2.98. The van der Waals surface area contributed by atoms with Gasteiger partial charge in [-0.25, -0.2) is 9.59 Å². The van der Waals surface area contributed by atoms with Crippen molar-refractivity contribution in [2.24, 2.45) is 0 Å². The lowest BCUT2D eigenvalue weighted by atomic mass is 10.1. The number of rotatable bonds is 5. The average molecular weight is 414 g/mol. The number of hydrogen-bond acceptors (Lipinski definition) is 5. The molecule has 0 radical (unpaired) electrons. The highest BCUT2D eigenvalue weighted by atomic mass is 16.5. The normalized spacial score (nSPS) is 13.7. The van der Waals surface area contributed by atoms with Gasteiger partial charge in [-0.05, 0) is 24.6 Å². The number of para-hydroxylation sites is 1. The van der Waals surface area contributed by atoms with E-state index in [2.05, 4.69) is 36.1 Å². The van der Waals surface area contributed by atoms with E-state index in [4.69, 9.17) is 24.5 Å². The number of nitrogens with zero attached hydrogens (tertiary/aromatic N) is 2. The van der Waals surface area contributed by atoms with E-state index in [1.54, 1.807) is 0 Å². The lowest BCUT2D eigenvalue weighted by molar-refractivity contribution is -0.159. The molecule has 2 aromatic carbocycles. The van der Waals surface area contributed by atoms with Crippen molar-refractivity contribution in [1.29, 1.82) is 0 Å². The molecule has 30 heavy (non-hydrogen) atoms. The van der Waals surface area contributed by atoms with Gasteiger partial charge < -0.3 is 19.8 Å². The van der Waals surface area contributed by atoms with Gasteiger partial charge in [-0.3, -0.25) is 9.69 Å². The molecule has 0 spiro atoms. The number of carbonyl (C=O) groups is 3. The van der Waals surface area contributed by atoms with E-state index < -0.39 is 11.9 Å². The van der Waals surface area contributed by atoms with Crippen molar-refractivity contribution >= 4 is 17.8 Å². The van der Waals surface area contributed by atoms with E-state index in [9.17, 15) is 4.79 Å². The maximum atomic E-state index is 12.3. The lowest BCUT2D eigenvalue weighted by Gasteiger charge is -2.34. The van der Waals surface area contributed by atoms with Gasteiger partial charge in [0.2, 0.25) is 0 Å². The van der Waals surface area contributed by atoms with Gasteiger partial charge in [-0.2, -0.15) is 0 Å². The molecule has 0 atom stereocenters. The number of carbonyl (C=O) groups excluding carboxylic acids is 1. The highest BCUT2D eigenvalue weighted by Gasteiger charge is 2.21. The van der Waals surface area contributed by atoms with Gasteiger partial charge in [-0.15, -0.1) is 0 Å². The first-order chi connectivity index (χ1) is 14.3. The Bertz CT molecular complexity index is 836. The van der Waals surface area contributed by atoms with Crippen LogP contribution in [0.3, 0.4) is 0 Å². The largest absolute Gasteiger partial charge is 0.484 e. The summed E-state index contributed by atoms with van der Waals surface area (Å²) in [5, 5.41) is 14.8. The molecule has 1 aliphatic rings. The number of hydrogen-bond donors (Lipinski definition) is 2. The van der Waals surface area contributed by atoms with Crippen LogP contribution in [-0.4, -0.2) is 70.6 Å². The molecular formula is C22H26N2O6. The van der Waals surface area contributed by atoms with Crippen molar-refractivity contribution in [1.82, 2.24) is 9.80 Å². The molecule has 0 saturated carbocycles. The maximum absolute atomic E-state index is 12.3. The third kappa shape index (κ3) is 7.92. The summed E-state index contributed by atoms with van der Waals surface area (Å²) in [6, 6.07) is 18.1. The van der Waals surface area contributed by atoms with E-state index in [0.717, 1.165) is 38.5 Å². The van der Waals surface area contributed by atoms with Gasteiger partial charge in [0, 0.05) is 32.7 Å². The van der Waals surface area contributed by atoms with Crippen LogP contribution in [0.2, 0.25) is 0 Å². The van der Waals surface area contributed by atoms with Gasteiger partial charge in [0.15, 0.2) is 6.61 Å². The standard InChI is InChI=1S/C20H24N2O2.C2H2O4/c1-17-6-5-7-18(14-17)15-21-10-12-22(13-11-21)20(23)16-24-19-8-3-2-4-9-19;3-1(4)2(5)6/h2-9,14H,10-13,15-16H2,1H3;(H,3,4)(H,5,6). The summed E-state index contributed by atoms with van der Waals surface area (Å²) in [6.07, 6.45) is 0. The first kappa shape index (κ1) is 22.9. The van der Waals surface area contributed by atoms with Crippen molar-refractivity contribution in [3.8, 4) is 5.75 Å². The summed E-state index contributed by atoms with van der Waals surface area (Å²) in [5.41, 5.74) is 2.63. The highest BCUT2D eigenvalue weighted by Crippen LogP contribution is 2.12. The fourth-order valence-electron chi connectivity index (χ4n) is 2.98. The van der Waals surface area contributed by atoms with E-state index in [1.807, 2.05) is 35.2 Å². The summed E-state index contributed by atoms with van der Waals surface area (Å²) in [7, 11) is 0. The summed E-state index contributed by atoms with van der Waals surface area (Å²) in [5.74, 6) is -2.84. The minimum Gasteiger partial charge on any atom is -0.484 e. The number of carboxylic acid groups (broad SMARTS) is 2. The Hall–Kier alpha value is -3.39. The molecule has 1 fully saturated rings. The highest BCUT2D eigenvalue weighted by molar-refractivity contribution is 6.27. The average Bonchev–Trinajstić information content (AvgIpc) is 2.74. The third-order valence-corrected chi connectivity index (χ3v) is 4.50. The Labute approximate surface area is 175 Å². The van der Waals surface area contributed by atoms with Crippen molar-refractivity contribution in [3.05, 3.63) is 65.7 Å². The number of aliphatic carboxylic acids is 2. The van der Waals surface area contributed by atoms with Gasteiger partial charge in [0.05, 0.1) is 0 Å². The predicted molar refractivity (Wildman–Crippen MR) is 110 cm³/mol. The molecule has 0 aromatic heterocycles. The SMILES string of the molecule is Cc1cccc(CN2CCN(C(=O)COc3ccccc3)CC2)c1.O=C(O)C(=O)O. The zero-order valence-electron chi connectivity index (χ0n) is 16.9. The minimum atomic E-state index is -1.82. The van der Waals surface area contributed by atoms with Crippen LogP contribution >= 0.6 is 0 Å². The molecule has 8 heteroatoms. The number of aryl methyl sites for hydroxylation is 1. The molecule has 2 N–H and O–H groups in total. The van der Waals surface area contributed by atoms with Gasteiger partial charge in [-0.1, -0.05) is 48.0 Å². The second-order valence-corrected chi connectivity index (χ2v) is 6.86. The molecule has 0 unspecified atom stereocenters. The molecule has 1 amide bonds. The number of amides is 1. The van der Waals surface area contributed by atoms with Crippen molar-refractivity contribution < 1.29 is 29.3 Å². The molecule has 0 bridgehead atoms. The van der Waals surface area contributed by atoms with Crippen LogP contribution in [0.15, 0.2) is 54.6 Å². The third-order valence-electron chi connectivity index (χ3n) is 4.50. The molecule has 1 heterocycles. The number of ether oxygens (including phenoxy) is 1. The lowest BCUT2D eigenvalue weighted by Crippen LogP contribution is -2.49. The zero-order valence-corrected chi connectivity index (χ0v) is 16.9. The Morgan fingerprint density at radius 1 is 0.900 bits per heavy atom. The Balaban J connectivity index is 0.000000469. The molecular weight excluding hydrogens is 388 g/mol. The minimum absolute atomic E-state index is 0.0639. The van der Waals surface area contributed by atoms with Crippen LogP contribution < -0.4 is 4.74 Å². The van der Waals surface area contributed by atoms with E-state index in [0.29, 0.717) is 0 Å². The van der Waals surface area contributed by atoms with Crippen molar-refractivity contribution in [3.63, 3.8) is 0 Å². The van der Waals surface area contributed by atoms with Crippen LogP contribution in [0, 0.1) is 6.92 Å². The molecule has 1 saturated heterocycles. The second kappa shape index (κ2) is 11.6. The van der Waals surface area contributed by atoms with E-state index in [1.165, 1.54) is 11.1 Å². The Kier molecular flexibility index (Phi) is 8.83. The van der Waals surface area contributed by atoms with Crippen LogP contribution in [0.4, 0.5) is 0 Å². The summed E-state index contributed by atoms with van der Waals surface area (Å²) >= 11 is 0. The molecule has 8 nitrogen and oxygen atoms in total. The number of piperazine rings is 1. The van der Waals surface area contributed by atoms with Crippen LogP contribution in [0.25, 0.3) is 0 Å². The Morgan fingerprint density at radius 3 is 2.10 bits per heavy atom. The summed E-state index contributed by atoms with van der Waals surface area (Å²) in [6.45, 7) is 6.53. The monoisotopic (exact) mass is 414 g/mol. The number of benzene rings is 2. The second-order valence-electron chi connectivity index (χ2n) is 6.86. The first-order valence-electron chi connectivity index (χ1n) is 9.55. The predicted octanol–water partition coefficient (Wildman–Crippen LogP) is 1.87. The quantitative estimate of drug-likeness (QED) is 0.719. The summed E-state index contributed by atoms with van der Waals surface area (Å²) in [4.78, 5) is 34.8. The van der Waals surface area contributed by atoms with Gasteiger partial charge in [0.25, 0.3) is 5.91 Å². The van der Waals surface area contributed by atoms with Gasteiger partial charge in [0.1, 0.15) is 5.75 Å². The van der Waals surface area contributed by atoms with Crippen molar-refractivity contribution in [2.75, 3.05) is 32.8 Å². The van der Waals surface area contributed by atoms with Crippen LogP contribution in [-0.2, 0) is 20.9 Å². The first-order valence-corrected chi connectivity index (χ1v) is 9.55. The fraction of sp³-hybridized carbons (Fsp3) is 0.318. The smallest absolute Gasteiger partial charge is 0.414 e. The van der Waals surface area contributed by atoms with E-state index in [-0.39, 0.29) is 12.5 Å². The van der Waals surface area contributed by atoms with E-state index >= 15 is 0 Å². The Morgan fingerprint density at radius 2 is 1.53 bits per heavy atom. The van der Waals surface area contributed by atoms with Crippen LogP contribution in [0.1, 0.15) is 11.1 Å². The van der Waals surface area contributed by atoms with Crippen molar-refractivity contribution in [2.45, 2.75) is 13.5 Å². The maximum Gasteiger partial charge on any atom is 0.414 e.